The molecule has 6 nitrogen and oxygen atoms in total. The van der Waals surface area contributed by atoms with Crippen molar-refractivity contribution in [2.75, 3.05) is 13.2 Å². The maximum atomic E-state index is 12.9. The van der Waals surface area contributed by atoms with Crippen LogP contribution in [0.5, 0.6) is 0 Å². The van der Waals surface area contributed by atoms with Gasteiger partial charge in [0, 0.05) is 19.3 Å². The zero-order chi connectivity index (χ0) is 58.5. The van der Waals surface area contributed by atoms with Crippen LogP contribution < -0.4 is 0 Å². The van der Waals surface area contributed by atoms with Gasteiger partial charge in [-0.15, -0.1) is 0 Å². The quantitative estimate of drug-likeness (QED) is 0.0261. The summed E-state index contributed by atoms with van der Waals surface area (Å²) in [6, 6.07) is 0. The smallest absolute Gasteiger partial charge is 0.306 e. The number of hydrogen-bond donors (Lipinski definition) is 0. The topological polar surface area (TPSA) is 78.9 Å². The lowest BCUT2D eigenvalue weighted by molar-refractivity contribution is -0.167. The molecule has 460 valence electrons. The predicted molar refractivity (Wildman–Crippen MR) is 353 cm³/mol. The van der Waals surface area contributed by atoms with Crippen molar-refractivity contribution in [2.45, 2.75) is 309 Å². The summed E-state index contributed by atoms with van der Waals surface area (Å²) >= 11 is 0. The van der Waals surface area contributed by atoms with E-state index in [1.54, 1.807) is 0 Å². The van der Waals surface area contributed by atoms with Gasteiger partial charge in [-0.3, -0.25) is 14.4 Å². The molecular formula is C75H124O6. The molecule has 0 aliphatic carbocycles. The van der Waals surface area contributed by atoms with Gasteiger partial charge in [-0.05, 0) is 116 Å². The third-order valence-electron chi connectivity index (χ3n) is 14.2. The molecule has 81 heavy (non-hydrogen) atoms. The molecule has 1 unspecified atom stereocenters. The molecule has 0 amide bonds. The van der Waals surface area contributed by atoms with Crippen molar-refractivity contribution < 1.29 is 28.6 Å². The first-order chi connectivity index (χ1) is 40.0. The van der Waals surface area contributed by atoms with E-state index in [1.807, 2.05) is 0 Å². The van der Waals surface area contributed by atoms with Crippen molar-refractivity contribution in [3.05, 3.63) is 134 Å². The van der Waals surface area contributed by atoms with Crippen molar-refractivity contribution in [3.8, 4) is 0 Å². The van der Waals surface area contributed by atoms with Gasteiger partial charge in [0.15, 0.2) is 6.10 Å². The second kappa shape index (κ2) is 68.1. The number of allylic oxidation sites excluding steroid dienone is 22. The van der Waals surface area contributed by atoms with Gasteiger partial charge >= 0.3 is 17.9 Å². The maximum absolute atomic E-state index is 12.9. The fourth-order valence-electron chi connectivity index (χ4n) is 9.18. The van der Waals surface area contributed by atoms with E-state index in [0.29, 0.717) is 19.3 Å². The van der Waals surface area contributed by atoms with Crippen LogP contribution in [0.1, 0.15) is 303 Å². The first-order valence-electron chi connectivity index (χ1n) is 33.7. The van der Waals surface area contributed by atoms with Crippen LogP contribution in [0.3, 0.4) is 0 Å². The summed E-state index contributed by atoms with van der Waals surface area (Å²) in [6.45, 7) is 6.37. The van der Waals surface area contributed by atoms with Crippen LogP contribution in [-0.4, -0.2) is 37.2 Å². The Balaban J connectivity index is 4.18. The van der Waals surface area contributed by atoms with Crippen molar-refractivity contribution >= 4 is 17.9 Å². The van der Waals surface area contributed by atoms with Gasteiger partial charge in [0.2, 0.25) is 0 Å². The van der Waals surface area contributed by atoms with E-state index in [9.17, 15) is 14.4 Å². The van der Waals surface area contributed by atoms with Gasteiger partial charge in [-0.2, -0.15) is 0 Å². The second-order valence-corrected chi connectivity index (χ2v) is 22.0. The molecule has 0 aromatic heterocycles. The van der Waals surface area contributed by atoms with E-state index in [1.165, 1.54) is 135 Å². The number of carbonyl (C=O) groups is 3. The minimum Gasteiger partial charge on any atom is -0.462 e. The number of ether oxygens (including phenoxy) is 3. The number of unbranched alkanes of at least 4 members (excludes halogenated alkanes) is 27. The lowest BCUT2D eigenvalue weighted by Gasteiger charge is -2.18. The number of carbonyl (C=O) groups excluding carboxylic acids is 3. The minimum absolute atomic E-state index is 0.0951. The summed E-state index contributed by atoms with van der Waals surface area (Å²) < 4.78 is 16.9. The standard InChI is InChI=1S/C75H124O6/c1-4-7-10-13-16-19-21-23-25-27-29-31-32-33-34-35-36-37-38-39-40-41-42-44-45-47-49-51-53-56-59-62-65-68-74(77)80-71-72(70-79-73(76)67-64-61-58-55-18-15-12-9-6-3)81-75(78)69-66-63-60-57-54-52-50-48-46-43-30-28-26-24-22-20-17-14-11-8-5-2/h7-8,10-11,16-17,19-20,23-26,29-31,33-34,43,48,50,54,57,72H,4-6,9,12-15,18,21-22,27-28,32,35-42,44-47,49,51-53,55-56,58-71H2,1-3H3/b10-7-,11-8-,19-16-,20-17-,25-23-,26-24-,31-29-,34-33-,43-30-,50-48-,57-54-. The van der Waals surface area contributed by atoms with Crippen molar-refractivity contribution in [1.29, 1.82) is 0 Å². The Morgan fingerprint density at radius 3 is 0.778 bits per heavy atom. The summed E-state index contributed by atoms with van der Waals surface area (Å²) in [7, 11) is 0. The SMILES string of the molecule is CC/C=C\C/C=C\C/C=C\C/C=C\C/C=C\C/C=C\CCCCC(=O)OC(COC(=O)CCCCCCCCCCC)COC(=O)CCCCCCCCCCCCCCCCCCC/C=C\C/C=C\C/C=C\C/C=C\C/C=C\CC. The molecule has 0 radical (unpaired) electrons. The van der Waals surface area contributed by atoms with E-state index in [-0.39, 0.29) is 37.5 Å². The first-order valence-corrected chi connectivity index (χ1v) is 33.7. The molecule has 6 heteroatoms. The van der Waals surface area contributed by atoms with Crippen LogP contribution in [0, 0.1) is 0 Å². The van der Waals surface area contributed by atoms with E-state index >= 15 is 0 Å². The van der Waals surface area contributed by atoms with Crippen molar-refractivity contribution in [2.24, 2.45) is 0 Å². The van der Waals surface area contributed by atoms with Gasteiger partial charge in [0.1, 0.15) is 13.2 Å². The van der Waals surface area contributed by atoms with Gasteiger partial charge in [-0.25, -0.2) is 0 Å². The van der Waals surface area contributed by atoms with E-state index < -0.39 is 6.10 Å². The Hall–Kier alpha value is -4.45. The van der Waals surface area contributed by atoms with Gasteiger partial charge in [-0.1, -0.05) is 302 Å². The molecule has 0 saturated carbocycles. The van der Waals surface area contributed by atoms with Crippen molar-refractivity contribution in [3.63, 3.8) is 0 Å². The summed E-state index contributed by atoms with van der Waals surface area (Å²) in [5, 5.41) is 0. The fraction of sp³-hybridized carbons (Fsp3) is 0.667. The number of rotatable bonds is 60. The van der Waals surface area contributed by atoms with Crippen LogP contribution in [0.15, 0.2) is 134 Å². The molecule has 0 rings (SSSR count). The molecule has 0 aromatic rings. The highest BCUT2D eigenvalue weighted by atomic mass is 16.6. The van der Waals surface area contributed by atoms with E-state index in [4.69, 9.17) is 14.2 Å². The first kappa shape index (κ1) is 76.5. The third kappa shape index (κ3) is 66.2. The highest BCUT2D eigenvalue weighted by Crippen LogP contribution is 2.16. The number of hydrogen-bond acceptors (Lipinski definition) is 6. The highest BCUT2D eigenvalue weighted by Gasteiger charge is 2.19. The van der Waals surface area contributed by atoms with Gasteiger partial charge < -0.3 is 14.2 Å². The van der Waals surface area contributed by atoms with Crippen LogP contribution in [0.2, 0.25) is 0 Å². The summed E-state index contributed by atoms with van der Waals surface area (Å²) in [4.78, 5) is 38.2. The Labute approximate surface area is 500 Å². The Kier molecular flexibility index (Phi) is 64.3. The largest absolute Gasteiger partial charge is 0.462 e. The Morgan fingerprint density at radius 1 is 0.259 bits per heavy atom. The summed E-state index contributed by atoms with van der Waals surface area (Å²) in [5.74, 6) is -0.936. The Bertz CT molecular complexity index is 1720. The predicted octanol–water partition coefficient (Wildman–Crippen LogP) is 23.3. The average Bonchev–Trinajstić information content (AvgIpc) is 3.47. The van der Waals surface area contributed by atoms with Crippen LogP contribution in [-0.2, 0) is 28.6 Å². The van der Waals surface area contributed by atoms with E-state index in [0.717, 1.165) is 122 Å². The number of esters is 3. The molecule has 0 aliphatic heterocycles. The van der Waals surface area contributed by atoms with Crippen LogP contribution in [0.25, 0.3) is 0 Å². The molecule has 0 fully saturated rings. The van der Waals surface area contributed by atoms with Crippen molar-refractivity contribution in [1.82, 2.24) is 0 Å². The van der Waals surface area contributed by atoms with Gasteiger partial charge in [0.25, 0.3) is 0 Å². The Morgan fingerprint density at radius 2 is 0.481 bits per heavy atom. The molecule has 0 spiro atoms. The lowest BCUT2D eigenvalue weighted by atomic mass is 10.0. The summed E-state index contributed by atoms with van der Waals surface area (Å²) in [6.07, 6.45) is 96.3. The molecule has 0 bridgehead atoms. The second-order valence-electron chi connectivity index (χ2n) is 22.0. The van der Waals surface area contributed by atoms with Crippen LogP contribution >= 0.6 is 0 Å². The molecular weight excluding hydrogens is 997 g/mol. The van der Waals surface area contributed by atoms with E-state index in [2.05, 4.69) is 154 Å². The maximum Gasteiger partial charge on any atom is 0.306 e. The van der Waals surface area contributed by atoms with Gasteiger partial charge in [0.05, 0.1) is 0 Å². The zero-order valence-electron chi connectivity index (χ0n) is 52.8. The lowest BCUT2D eigenvalue weighted by Crippen LogP contribution is -2.30. The molecule has 0 aliphatic rings. The average molecular weight is 1120 g/mol. The normalized spacial score (nSPS) is 13.0. The van der Waals surface area contributed by atoms with Crippen LogP contribution in [0.4, 0.5) is 0 Å². The molecule has 0 saturated heterocycles. The molecule has 1 atom stereocenters. The molecule has 0 aromatic carbocycles. The minimum atomic E-state index is -0.802. The monoisotopic (exact) mass is 1120 g/mol. The zero-order valence-corrected chi connectivity index (χ0v) is 52.8. The molecule has 0 heterocycles. The summed E-state index contributed by atoms with van der Waals surface area (Å²) in [5.41, 5.74) is 0. The highest BCUT2D eigenvalue weighted by molar-refractivity contribution is 5.71. The molecule has 0 N–H and O–H groups in total. The third-order valence-corrected chi connectivity index (χ3v) is 14.2. The fourth-order valence-corrected chi connectivity index (χ4v) is 9.18.